The number of aryl methyl sites for hydroxylation is 1. The predicted octanol–water partition coefficient (Wildman–Crippen LogP) is 3.18. The summed E-state index contributed by atoms with van der Waals surface area (Å²) in [6.45, 7) is 0.725. The fraction of sp³-hybridized carbons (Fsp3) is 0.316. The lowest BCUT2D eigenvalue weighted by Crippen LogP contribution is -2.26. The molecule has 4 rings (SSSR count). The molecule has 1 saturated carbocycles. The molecule has 2 aromatic heterocycles. The Balaban J connectivity index is 1.20. The number of nitrogens with zero attached hydrogens (tertiary/aromatic N) is 2. The van der Waals surface area contributed by atoms with E-state index in [1.165, 1.54) is 5.56 Å². The molecule has 1 aliphatic rings. The van der Waals surface area contributed by atoms with Gasteiger partial charge in [-0.1, -0.05) is 35.5 Å². The highest BCUT2D eigenvalue weighted by molar-refractivity contribution is 5.76. The Bertz CT molecular complexity index is 827. The Morgan fingerprint density at radius 1 is 1.24 bits per heavy atom. The number of furan rings is 1. The Morgan fingerprint density at radius 3 is 2.92 bits per heavy atom. The summed E-state index contributed by atoms with van der Waals surface area (Å²) < 4.78 is 10.2. The average molecular weight is 337 g/mol. The summed E-state index contributed by atoms with van der Waals surface area (Å²) >= 11 is 0. The topological polar surface area (TPSA) is 81.2 Å². The van der Waals surface area contributed by atoms with Crippen LogP contribution in [0.1, 0.15) is 30.2 Å². The molecular formula is C19H19N3O3. The average Bonchev–Trinajstić information content (AvgIpc) is 3.02. The van der Waals surface area contributed by atoms with Gasteiger partial charge >= 0.3 is 0 Å². The third kappa shape index (κ3) is 3.79. The SMILES string of the molecule is O=C(CCc1nc(-c2ccoc2)no1)NC[C@@H]1C[C@@H]1c1ccccc1. The van der Waals surface area contributed by atoms with Crippen molar-refractivity contribution in [3.63, 3.8) is 0 Å². The van der Waals surface area contributed by atoms with Crippen LogP contribution in [-0.2, 0) is 11.2 Å². The minimum absolute atomic E-state index is 0.0155. The summed E-state index contributed by atoms with van der Waals surface area (Å²) in [6, 6.07) is 12.2. The van der Waals surface area contributed by atoms with Gasteiger partial charge < -0.3 is 14.3 Å². The van der Waals surface area contributed by atoms with Gasteiger partial charge in [0.05, 0.1) is 11.8 Å². The first-order valence-corrected chi connectivity index (χ1v) is 8.46. The summed E-state index contributed by atoms with van der Waals surface area (Å²) in [7, 11) is 0. The number of hydrogen-bond donors (Lipinski definition) is 1. The van der Waals surface area contributed by atoms with Gasteiger partial charge in [0, 0.05) is 19.4 Å². The number of carbonyl (C=O) groups excluding carboxylic acids is 1. The molecule has 0 bridgehead atoms. The smallest absolute Gasteiger partial charge is 0.227 e. The number of rotatable bonds is 7. The minimum atomic E-state index is 0.0155. The Labute approximate surface area is 145 Å². The van der Waals surface area contributed by atoms with Gasteiger partial charge in [-0.3, -0.25) is 4.79 Å². The molecule has 0 aliphatic heterocycles. The van der Waals surface area contributed by atoms with E-state index in [0.29, 0.717) is 36.4 Å². The molecule has 3 aromatic rings. The third-order valence-corrected chi connectivity index (χ3v) is 4.53. The van der Waals surface area contributed by atoms with E-state index in [9.17, 15) is 4.79 Å². The molecule has 0 saturated heterocycles. The molecule has 25 heavy (non-hydrogen) atoms. The van der Waals surface area contributed by atoms with Crippen molar-refractivity contribution in [2.24, 2.45) is 5.92 Å². The highest BCUT2D eigenvalue weighted by Gasteiger charge is 2.37. The van der Waals surface area contributed by atoms with Gasteiger partial charge in [-0.05, 0) is 29.9 Å². The summed E-state index contributed by atoms with van der Waals surface area (Å²) in [5.74, 6) is 2.08. The molecule has 128 valence electrons. The van der Waals surface area contributed by atoms with Crippen molar-refractivity contribution in [3.05, 3.63) is 60.4 Å². The lowest BCUT2D eigenvalue weighted by Gasteiger charge is -2.04. The maximum atomic E-state index is 12.0. The predicted molar refractivity (Wildman–Crippen MR) is 90.6 cm³/mol. The first-order chi connectivity index (χ1) is 12.3. The van der Waals surface area contributed by atoms with Gasteiger partial charge in [0.1, 0.15) is 6.26 Å². The van der Waals surface area contributed by atoms with E-state index in [4.69, 9.17) is 8.94 Å². The van der Waals surface area contributed by atoms with Gasteiger partial charge in [-0.15, -0.1) is 0 Å². The van der Waals surface area contributed by atoms with Crippen LogP contribution in [0.15, 0.2) is 57.9 Å². The van der Waals surface area contributed by atoms with E-state index in [-0.39, 0.29) is 5.91 Å². The quantitative estimate of drug-likeness (QED) is 0.716. The zero-order chi connectivity index (χ0) is 17.1. The number of benzene rings is 1. The van der Waals surface area contributed by atoms with Crippen LogP contribution in [0, 0.1) is 5.92 Å². The third-order valence-electron chi connectivity index (χ3n) is 4.53. The van der Waals surface area contributed by atoms with Crippen molar-refractivity contribution >= 4 is 5.91 Å². The van der Waals surface area contributed by atoms with Gasteiger partial charge in [0.15, 0.2) is 0 Å². The molecule has 1 aromatic carbocycles. The van der Waals surface area contributed by atoms with Crippen molar-refractivity contribution in [3.8, 4) is 11.4 Å². The van der Waals surface area contributed by atoms with Crippen molar-refractivity contribution in [1.82, 2.24) is 15.5 Å². The van der Waals surface area contributed by atoms with Crippen LogP contribution in [-0.4, -0.2) is 22.6 Å². The van der Waals surface area contributed by atoms with E-state index in [1.54, 1.807) is 18.6 Å². The van der Waals surface area contributed by atoms with Crippen molar-refractivity contribution in [1.29, 1.82) is 0 Å². The molecule has 1 N–H and O–H groups in total. The fourth-order valence-corrected chi connectivity index (χ4v) is 3.00. The minimum Gasteiger partial charge on any atom is -0.472 e. The normalized spacial score (nSPS) is 18.9. The summed E-state index contributed by atoms with van der Waals surface area (Å²) in [4.78, 5) is 16.3. The fourth-order valence-electron chi connectivity index (χ4n) is 3.00. The molecule has 1 amide bonds. The Morgan fingerprint density at radius 2 is 2.12 bits per heavy atom. The second-order valence-electron chi connectivity index (χ2n) is 6.34. The van der Waals surface area contributed by atoms with E-state index in [2.05, 4.69) is 39.7 Å². The van der Waals surface area contributed by atoms with E-state index in [0.717, 1.165) is 18.5 Å². The lowest BCUT2D eigenvalue weighted by atomic mass is 10.1. The highest BCUT2D eigenvalue weighted by atomic mass is 16.5. The summed E-state index contributed by atoms with van der Waals surface area (Å²) in [6.07, 6.45) is 5.03. The number of aromatic nitrogens is 2. The molecule has 6 nitrogen and oxygen atoms in total. The van der Waals surface area contributed by atoms with Crippen LogP contribution in [0.5, 0.6) is 0 Å². The maximum absolute atomic E-state index is 12.0. The summed E-state index contributed by atoms with van der Waals surface area (Å²) in [5.41, 5.74) is 2.12. The van der Waals surface area contributed by atoms with Crippen LogP contribution in [0.4, 0.5) is 0 Å². The van der Waals surface area contributed by atoms with Crippen molar-refractivity contribution in [2.75, 3.05) is 6.54 Å². The van der Waals surface area contributed by atoms with Gasteiger partial charge in [-0.25, -0.2) is 0 Å². The zero-order valence-electron chi connectivity index (χ0n) is 13.7. The second-order valence-corrected chi connectivity index (χ2v) is 6.34. The van der Waals surface area contributed by atoms with E-state index in [1.807, 2.05) is 6.07 Å². The zero-order valence-corrected chi connectivity index (χ0v) is 13.7. The highest BCUT2D eigenvalue weighted by Crippen LogP contribution is 2.46. The molecule has 0 radical (unpaired) electrons. The molecule has 2 heterocycles. The lowest BCUT2D eigenvalue weighted by molar-refractivity contribution is -0.121. The van der Waals surface area contributed by atoms with E-state index < -0.39 is 0 Å². The van der Waals surface area contributed by atoms with Gasteiger partial charge in [-0.2, -0.15) is 4.98 Å². The number of amides is 1. The Kier molecular flexibility index (Phi) is 4.33. The van der Waals surface area contributed by atoms with E-state index >= 15 is 0 Å². The van der Waals surface area contributed by atoms with Crippen LogP contribution in [0.2, 0.25) is 0 Å². The molecule has 0 spiro atoms. The first-order valence-electron chi connectivity index (χ1n) is 8.46. The largest absolute Gasteiger partial charge is 0.472 e. The summed E-state index contributed by atoms with van der Waals surface area (Å²) in [5, 5.41) is 6.89. The van der Waals surface area contributed by atoms with Crippen LogP contribution < -0.4 is 5.32 Å². The van der Waals surface area contributed by atoms with Crippen molar-refractivity contribution < 1.29 is 13.7 Å². The first kappa shape index (κ1) is 15.6. The second kappa shape index (κ2) is 6.93. The standard InChI is InChI=1S/C19H19N3O3/c23-17(20-11-15-10-16(15)13-4-2-1-3-5-13)6-7-18-21-19(22-25-18)14-8-9-24-12-14/h1-5,8-9,12,15-16H,6-7,10-11H2,(H,20,23)/t15-,16+/m0/s1. The molecule has 0 unspecified atom stereocenters. The molecule has 6 heteroatoms. The van der Waals surface area contributed by atoms with Crippen molar-refractivity contribution in [2.45, 2.75) is 25.2 Å². The molecular weight excluding hydrogens is 318 g/mol. The maximum Gasteiger partial charge on any atom is 0.227 e. The van der Waals surface area contributed by atoms with Gasteiger partial charge in [0.25, 0.3) is 0 Å². The molecule has 1 fully saturated rings. The monoisotopic (exact) mass is 337 g/mol. The Hall–Kier alpha value is -2.89. The van der Waals surface area contributed by atoms with Gasteiger partial charge in [0.2, 0.25) is 17.6 Å². The number of nitrogens with one attached hydrogen (secondary N) is 1. The molecule has 2 atom stereocenters. The van der Waals surface area contributed by atoms with Crippen LogP contribution in [0.3, 0.4) is 0 Å². The number of hydrogen-bond acceptors (Lipinski definition) is 5. The molecule has 1 aliphatic carbocycles. The van der Waals surface area contributed by atoms with Crippen LogP contribution in [0.25, 0.3) is 11.4 Å². The number of carbonyl (C=O) groups is 1. The van der Waals surface area contributed by atoms with Crippen LogP contribution >= 0.6 is 0 Å².